The Morgan fingerprint density at radius 3 is 2.79 bits per heavy atom. The summed E-state index contributed by atoms with van der Waals surface area (Å²) < 4.78 is 0. The Kier molecular flexibility index (Phi) is 5.50. The van der Waals surface area contributed by atoms with Crippen LogP contribution in [0.1, 0.15) is 29.2 Å². The van der Waals surface area contributed by atoms with Gasteiger partial charge in [-0.05, 0) is 84.6 Å². The van der Waals surface area contributed by atoms with Crippen LogP contribution in [0.3, 0.4) is 0 Å². The molecule has 0 radical (unpaired) electrons. The summed E-state index contributed by atoms with van der Waals surface area (Å²) >= 11 is 7.54. The lowest BCUT2D eigenvalue weighted by molar-refractivity contribution is 0.248. The molecule has 1 aliphatic rings. The molecule has 0 fully saturated rings. The SMILES string of the molecule is Cc1cc(Sc2ncccn2)ccc1NC(=O)NC1CCc2cc(Cl)ccc21. The average Bonchev–Trinajstić information content (AvgIpc) is 3.06. The van der Waals surface area contributed by atoms with Gasteiger partial charge in [0.05, 0.1) is 6.04 Å². The van der Waals surface area contributed by atoms with Crippen LogP contribution in [0, 0.1) is 6.92 Å². The van der Waals surface area contributed by atoms with Crippen molar-refractivity contribution in [1.29, 1.82) is 0 Å². The number of nitrogens with zero attached hydrogens (tertiary/aromatic N) is 2. The van der Waals surface area contributed by atoms with Gasteiger partial charge < -0.3 is 10.6 Å². The third kappa shape index (κ3) is 4.29. The molecule has 2 N–H and O–H groups in total. The second-order valence-electron chi connectivity index (χ2n) is 6.64. The lowest BCUT2D eigenvalue weighted by Gasteiger charge is -2.16. The number of halogens is 1. The molecular weight excluding hydrogens is 392 g/mol. The number of hydrogen-bond donors (Lipinski definition) is 2. The summed E-state index contributed by atoms with van der Waals surface area (Å²) in [5.74, 6) is 0. The minimum absolute atomic E-state index is 0.0117. The van der Waals surface area contributed by atoms with Crippen molar-refractivity contribution in [3.8, 4) is 0 Å². The van der Waals surface area contributed by atoms with Crippen LogP contribution in [0.15, 0.2) is 64.9 Å². The number of hydrogen-bond acceptors (Lipinski definition) is 4. The maximum absolute atomic E-state index is 12.5. The predicted molar refractivity (Wildman–Crippen MR) is 112 cm³/mol. The molecule has 0 saturated carbocycles. The fraction of sp³-hybridized carbons (Fsp3) is 0.190. The first kappa shape index (κ1) is 18.8. The predicted octanol–water partition coefficient (Wildman–Crippen LogP) is 5.40. The molecule has 0 bridgehead atoms. The zero-order valence-corrected chi connectivity index (χ0v) is 16.8. The number of nitrogens with one attached hydrogen (secondary N) is 2. The molecule has 0 aliphatic heterocycles. The number of amides is 2. The number of carbonyl (C=O) groups is 1. The summed E-state index contributed by atoms with van der Waals surface area (Å²) in [5.41, 5.74) is 4.12. The first-order valence-electron chi connectivity index (χ1n) is 9.00. The van der Waals surface area contributed by atoms with E-state index in [1.54, 1.807) is 18.5 Å². The van der Waals surface area contributed by atoms with Crippen LogP contribution < -0.4 is 10.6 Å². The molecule has 5 nitrogen and oxygen atoms in total. The quantitative estimate of drug-likeness (QED) is 0.565. The van der Waals surface area contributed by atoms with Gasteiger partial charge in [0.1, 0.15) is 0 Å². The Labute approximate surface area is 172 Å². The van der Waals surface area contributed by atoms with Crippen molar-refractivity contribution in [2.75, 3.05) is 5.32 Å². The fourth-order valence-corrected chi connectivity index (χ4v) is 4.34. The van der Waals surface area contributed by atoms with Crippen molar-refractivity contribution < 1.29 is 4.79 Å². The lowest BCUT2D eigenvalue weighted by Crippen LogP contribution is -2.31. The summed E-state index contributed by atoms with van der Waals surface area (Å²) in [6, 6.07) is 13.3. The van der Waals surface area contributed by atoms with Crippen LogP contribution in [0.2, 0.25) is 5.02 Å². The van der Waals surface area contributed by atoms with E-state index in [9.17, 15) is 4.79 Å². The Balaban J connectivity index is 1.40. The molecule has 0 spiro atoms. The molecule has 2 aromatic carbocycles. The minimum Gasteiger partial charge on any atom is -0.331 e. The normalized spacial score (nSPS) is 15.1. The van der Waals surface area contributed by atoms with Gasteiger partial charge in [0.15, 0.2) is 5.16 Å². The van der Waals surface area contributed by atoms with Gasteiger partial charge in [-0.15, -0.1) is 0 Å². The number of rotatable bonds is 4. The molecule has 4 rings (SSSR count). The highest BCUT2D eigenvalue weighted by Crippen LogP contribution is 2.33. The summed E-state index contributed by atoms with van der Waals surface area (Å²) in [5, 5.41) is 7.45. The maximum Gasteiger partial charge on any atom is 0.319 e. The first-order valence-corrected chi connectivity index (χ1v) is 10.2. The van der Waals surface area contributed by atoms with Gasteiger partial charge in [-0.1, -0.05) is 17.7 Å². The van der Waals surface area contributed by atoms with Crippen molar-refractivity contribution in [3.05, 3.63) is 76.6 Å². The monoisotopic (exact) mass is 410 g/mol. The van der Waals surface area contributed by atoms with Crippen molar-refractivity contribution in [2.45, 2.75) is 35.9 Å². The van der Waals surface area contributed by atoms with Crippen LogP contribution in [0.25, 0.3) is 0 Å². The van der Waals surface area contributed by atoms with Crippen molar-refractivity contribution >= 4 is 35.1 Å². The molecule has 1 unspecified atom stereocenters. The van der Waals surface area contributed by atoms with E-state index >= 15 is 0 Å². The number of carbonyl (C=O) groups excluding carboxylic acids is 1. The summed E-state index contributed by atoms with van der Waals surface area (Å²) in [4.78, 5) is 22.0. The smallest absolute Gasteiger partial charge is 0.319 e. The Morgan fingerprint density at radius 2 is 2.00 bits per heavy atom. The van der Waals surface area contributed by atoms with Gasteiger partial charge >= 0.3 is 6.03 Å². The summed E-state index contributed by atoms with van der Waals surface area (Å²) in [7, 11) is 0. The van der Waals surface area contributed by atoms with E-state index in [-0.39, 0.29) is 12.1 Å². The zero-order chi connectivity index (χ0) is 19.5. The van der Waals surface area contributed by atoms with Gasteiger partial charge in [0.25, 0.3) is 0 Å². The molecule has 1 heterocycles. The van der Waals surface area contributed by atoms with Gasteiger partial charge in [0.2, 0.25) is 0 Å². The van der Waals surface area contributed by atoms with Crippen molar-refractivity contribution in [3.63, 3.8) is 0 Å². The van der Waals surface area contributed by atoms with Gasteiger partial charge in [-0.25, -0.2) is 14.8 Å². The van der Waals surface area contributed by atoms with E-state index in [4.69, 9.17) is 11.6 Å². The van der Waals surface area contributed by atoms with Crippen LogP contribution in [0.4, 0.5) is 10.5 Å². The van der Waals surface area contributed by atoms with E-state index in [0.717, 1.165) is 39.6 Å². The molecule has 1 aliphatic carbocycles. The van der Waals surface area contributed by atoms with Crippen LogP contribution in [0.5, 0.6) is 0 Å². The van der Waals surface area contributed by atoms with E-state index in [1.165, 1.54) is 17.3 Å². The second-order valence-corrected chi connectivity index (χ2v) is 8.12. The van der Waals surface area contributed by atoms with E-state index in [2.05, 4.69) is 20.6 Å². The number of aryl methyl sites for hydroxylation is 2. The largest absolute Gasteiger partial charge is 0.331 e. The Bertz CT molecular complexity index is 1010. The minimum atomic E-state index is -0.206. The molecule has 1 aromatic heterocycles. The third-order valence-electron chi connectivity index (χ3n) is 4.69. The topological polar surface area (TPSA) is 66.9 Å². The molecule has 3 aromatic rings. The van der Waals surface area contributed by atoms with Crippen molar-refractivity contribution in [1.82, 2.24) is 15.3 Å². The zero-order valence-electron chi connectivity index (χ0n) is 15.3. The molecule has 2 amide bonds. The third-order valence-corrected chi connectivity index (χ3v) is 5.80. The molecule has 7 heteroatoms. The summed E-state index contributed by atoms with van der Waals surface area (Å²) in [6.07, 6.45) is 5.25. The Morgan fingerprint density at radius 1 is 1.18 bits per heavy atom. The van der Waals surface area contributed by atoms with E-state index in [0.29, 0.717) is 5.16 Å². The fourth-order valence-electron chi connectivity index (χ4n) is 3.34. The van der Waals surface area contributed by atoms with Gasteiger partial charge in [0, 0.05) is 28.0 Å². The van der Waals surface area contributed by atoms with E-state index in [1.807, 2.05) is 43.3 Å². The molecule has 1 atom stereocenters. The highest BCUT2D eigenvalue weighted by Gasteiger charge is 2.24. The van der Waals surface area contributed by atoms with Gasteiger partial charge in [-0.2, -0.15) is 0 Å². The second kappa shape index (κ2) is 8.20. The first-order chi connectivity index (χ1) is 13.6. The number of anilines is 1. The lowest BCUT2D eigenvalue weighted by atomic mass is 10.1. The standard InChI is InChI=1S/C21H19ClN4OS/c1-13-11-16(28-21-23-9-2-10-24-21)5-8-18(13)25-20(27)26-19-7-3-14-12-15(22)4-6-17(14)19/h2,4-6,8-12,19H,3,7H2,1H3,(H2,25,26,27). The molecule has 0 saturated heterocycles. The maximum atomic E-state index is 12.5. The highest BCUT2D eigenvalue weighted by atomic mass is 35.5. The van der Waals surface area contributed by atoms with Gasteiger partial charge in [-0.3, -0.25) is 0 Å². The number of aromatic nitrogens is 2. The molecule has 28 heavy (non-hydrogen) atoms. The van der Waals surface area contributed by atoms with Crippen LogP contribution in [-0.4, -0.2) is 16.0 Å². The highest BCUT2D eigenvalue weighted by molar-refractivity contribution is 7.99. The molecule has 142 valence electrons. The number of urea groups is 1. The van der Waals surface area contributed by atoms with Crippen molar-refractivity contribution in [2.24, 2.45) is 0 Å². The van der Waals surface area contributed by atoms with E-state index < -0.39 is 0 Å². The average molecular weight is 411 g/mol. The number of fused-ring (bicyclic) bond motifs is 1. The van der Waals surface area contributed by atoms with Crippen LogP contribution in [-0.2, 0) is 6.42 Å². The summed E-state index contributed by atoms with van der Waals surface area (Å²) in [6.45, 7) is 1.97. The number of benzene rings is 2. The van der Waals surface area contributed by atoms with Crippen LogP contribution >= 0.6 is 23.4 Å². The Hall–Kier alpha value is -2.57. The molecular formula is C21H19ClN4OS.